The number of amides is 1. The number of carbonyl (C=O) groups excluding carboxylic acids is 2. The number of carboxylic acid groups (broad SMARTS) is 1. The molecule has 0 aliphatic carbocycles. The summed E-state index contributed by atoms with van der Waals surface area (Å²) in [6, 6.07) is 6.71. The number of carboxylic acids is 1. The van der Waals surface area contributed by atoms with Crippen molar-refractivity contribution in [3.8, 4) is 23.0 Å². The van der Waals surface area contributed by atoms with Crippen molar-refractivity contribution in [3.63, 3.8) is 0 Å². The molecule has 0 spiro atoms. The molecule has 1 aromatic heterocycles. The maximum absolute atomic E-state index is 15.4. The lowest BCUT2D eigenvalue weighted by molar-refractivity contribution is -0.136. The van der Waals surface area contributed by atoms with Crippen LogP contribution in [0, 0.1) is 5.82 Å². The molecular weight excluding hydrogens is 569 g/mol. The Balaban J connectivity index is 1.37. The quantitative estimate of drug-likeness (QED) is 0.190. The SMILES string of the molecule is COc1cc2c(cc1OCCCOc1c(OC)cc3sc(C(=O)CCC(=O)O)cc3c1F)CN(C(=O)OC(C)(C)C)C2. The summed E-state index contributed by atoms with van der Waals surface area (Å²) in [5.41, 5.74) is 1.30. The highest BCUT2D eigenvalue weighted by Gasteiger charge is 2.29. The second kappa shape index (κ2) is 12.8. The third-order valence-corrected chi connectivity index (χ3v) is 7.52. The van der Waals surface area contributed by atoms with Crippen LogP contribution in [-0.4, -0.2) is 60.9 Å². The molecule has 0 radical (unpaired) electrons. The second-order valence-electron chi connectivity index (χ2n) is 10.7. The van der Waals surface area contributed by atoms with Crippen LogP contribution in [0.4, 0.5) is 9.18 Å². The van der Waals surface area contributed by atoms with E-state index in [-0.39, 0.29) is 59.7 Å². The Hall–Kier alpha value is -4.06. The predicted molar refractivity (Wildman–Crippen MR) is 154 cm³/mol. The Kier molecular flexibility index (Phi) is 9.45. The number of hydrogen-bond acceptors (Lipinski definition) is 9. The number of halogens is 1. The lowest BCUT2D eigenvalue weighted by Gasteiger charge is -2.24. The number of nitrogens with zero attached hydrogens (tertiary/aromatic N) is 1. The summed E-state index contributed by atoms with van der Waals surface area (Å²) in [5, 5.41) is 9.03. The van der Waals surface area contributed by atoms with Gasteiger partial charge in [0, 0.05) is 42.1 Å². The Bertz CT molecular complexity index is 1490. The average Bonchev–Trinajstić information content (AvgIpc) is 3.55. The first kappa shape index (κ1) is 30.9. The van der Waals surface area contributed by atoms with E-state index in [4.69, 9.17) is 28.8 Å². The lowest BCUT2D eigenvalue weighted by atomic mass is 10.1. The Labute approximate surface area is 246 Å². The largest absolute Gasteiger partial charge is 0.493 e. The zero-order valence-electron chi connectivity index (χ0n) is 24.2. The van der Waals surface area contributed by atoms with Gasteiger partial charge in [-0.2, -0.15) is 0 Å². The van der Waals surface area contributed by atoms with Gasteiger partial charge in [0.15, 0.2) is 34.6 Å². The number of benzene rings is 2. The summed E-state index contributed by atoms with van der Waals surface area (Å²) < 4.78 is 43.9. The van der Waals surface area contributed by atoms with Gasteiger partial charge in [0.25, 0.3) is 0 Å². The highest BCUT2D eigenvalue weighted by Crippen LogP contribution is 2.40. The number of fused-ring (bicyclic) bond motifs is 2. The molecule has 1 N–H and O–H groups in total. The molecule has 0 unspecified atom stereocenters. The number of ketones is 1. The third-order valence-electron chi connectivity index (χ3n) is 6.40. The topological polar surface area (TPSA) is 121 Å². The van der Waals surface area contributed by atoms with Crippen molar-refractivity contribution in [2.45, 2.75) is 58.7 Å². The summed E-state index contributed by atoms with van der Waals surface area (Å²) >= 11 is 1.08. The van der Waals surface area contributed by atoms with Gasteiger partial charge in [-0.3, -0.25) is 14.5 Å². The number of Topliss-reactive ketones (excluding diaryl/α,β-unsaturated/α-hetero) is 1. The molecule has 2 heterocycles. The molecule has 2 aromatic carbocycles. The zero-order chi connectivity index (χ0) is 30.6. The van der Waals surface area contributed by atoms with Crippen LogP contribution >= 0.6 is 11.3 Å². The molecule has 226 valence electrons. The van der Waals surface area contributed by atoms with E-state index in [1.807, 2.05) is 32.9 Å². The van der Waals surface area contributed by atoms with E-state index < -0.39 is 17.4 Å². The second-order valence-corrected chi connectivity index (χ2v) is 11.8. The summed E-state index contributed by atoms with van der Waals surface area (Å²) in [6.07, 6.45) is -0.437. The van der Waals surface area contributed by atoms with Gasteiger partial charge in [-0.25, -0.2) is 9.18 Å². The van der Waals surface area contributed by atoms with Crippen molar-refractivity contribution in [2.75, 3.05) is 27.4 Å². The van der Waals surface area contributed by atoms with Gasteiger partial charge in [-0.15, -0.1) is 11.3 Å². The van der Waals surface area contributed by atoms with Crippen LogP contribution < -0.4 is 18.9 Å². The molecular formula is C30H34FNO9S. The average molecular weight is 604 g/mol. The Morgan fingerprint density at radius 1 is 0.929 bits per heavy atom. The maximum Gasteiger partial charge on any atom is 0.410 e. The molecule has 42 heavy (non-hydrogen) atoms. The molecule has 3 aromatic rings. The number of hydrogen-bond donors (Lipinski definition) is 1. The number of methoxy groups -OCH3 is 2. The van der Waals surface area contributed by atoms with Crippen LogP contribution in [0.15, 0.2) is 24.3 Å². The molecule has 1 aliphatic heterocycles. The Morgan fingerprint density at radius 3 is 2.19 bits per heavy atom. The third kappa shape index (κ3) is 7.22. The van der Waals surface area contributed by atoms with Crippen LogP contribution in [-0.2, 0) is 22.6 Å². The van der Waals surface area contributed by atoms with E-state index in [0.29, 0.717) is 35.7 Å². The maximum atomic E-state index is 15.4. The Morgan fingerprint density at radius 2 is 1.57 bits per heavy atom. The van der Waals surface area contributed by atoms with Gasteiger partial charge in [0.05, 0.1) is 38.7 Å². The van der Waals surface area contributed by atoms with E-state index >= 15 is 4.39 Å². The van der Waals surface area contributed by atoms with Crippen molar-refractivity contribution in [1.82, 2.24) is 4.90 Å². The molecule has 0 atom stereocenters. The van der Waals surface area contributed by atoms with Gasteiger partial charge in [0.2, 0.25) is 0 Å². The van der Waals surface area contributed by atoms with Crippen molar-refractivity contribution in [3.05, 3.63) is 46.1 Å². The molecule has 0 bridgehead atoms. The molecule has 1 amide bonds. The zero-order valence-corrected chi connectivity index (χ0v) is 25.0. The van der Waals surface area contributed by atoms with Crippen LogP contribution in [0.1, 0.15) is 60.8 Å². The molecule has 12 heteroatoms. The lowest BCUT2D eigenvalue weighted by Crippen LogP contribution is -2.33. The first-order valence-electron chi connectivity index (χ1n) is 13.4. The van der Waals surface area contributed by atoms with E-state index in [9.17, 15) is 14.4 Å². The van der Waals surface area contributed by atoms with Crippen molar-refractivity contribution >= 4 is 39.3 Å². The predicted octanol–water partition coefficient (Wildman–Crippen LogP) is 6.20. The number of thiophene rings is 1. The first-order valence-corrected chi connectivity index (χ1v) is 14.2. The van der Waals surface area contributed by atoms with Gasteiger partial charge in [0.1, 0.15) is 5.60 Å². The number of aliphatic carboxylic acids is 1. The normalized spacial score (nSPS) is 12.7. The minimum absolute atomic E-state index is 0.0790. The van der Waals surface area contributed by atoms with Gasteiger partial charge in [-0.05, 0) is 50.1 Å². The van der Waals surface area contributed by atoms with Crippen molar-refractivity contribution < 1.29 is 47.6 Å². The van der Waals surface area contributed by atoms with Gasteiger partial charge >= 0.3 is 12.1 Å². The fourth-order valence-corrected chi connectivity index (χ4v) is 5.47. The van der Waals surface area contributed by atoms with Gasteiger partial charge < -0.3 is 28.8 Å². The fourth-order valence-electron chi connectivity index (χ4n) is 4.41. The molecule has 0 saturated heterocycles. The fraction of sp³-hybridized carbons (Fsp3) is 0.433. The van der Waals surface area contributed by atoms with E-state index in [0.717, 1.165) is 22.5 Å². The minimum Gasteiger partial charge on any atom is -0.493 e. The summed E-state index contributed by atoms with van der Waals surface area (Å²) in [4.78, 5) is 37.5. The highest BCUT2D eigenvalue weighted by atomic mass is 32.1. The number of ether oxygens (including phenoxy) is 5. The van der Waals surface area contributed by atoms with E-state index in [2.05, 4.69) is 0 Å². The van der Waals surface area contributed by atoms with Crippen LogP contribution in [0.5, 0.6) is 23.0 Å². The van der Waals surface area contributed by atoms with Crippen molar-refractivity contribution in [2.24, 2.45) is 0 Å². The van der Waals surface area contributed by atoms with E-state index in [1.54, 1.807) is 18.1 Å². The molecule has 0 fully saturated rings. The van der Waals surface area contributed by atoms with Crippen LogP contribution in [0.2, 0.25) is 0 Å². The van der Waals surface area contributed by atoms with E-state index in [1.165, 1.54) is 13.2 Å². The van der Waals surface area contributed by atoms with Crippen LogP contribution in [0.25, 0.3) is 10.1 Å². The van der Waals surface area contributed by atoms with Gasteiger partial charge in [-0.1, -0.05) is 0 Å². The molecule has 1 aliphatic rings. The smallest absolute Gasteiger partial charge is 0.410 e. The molecule has 10 nitrogen and oxygen atoms in total. The minimum atomic E-state index is -1.07. The summed E-state index contributed by atoms with van der Waals surface area (Å²) in [5.74, 6) is -0.941. The molecule has 0 saturated carbocycles. The standard InChI is InChI=1S/C30H34FNO9S/c1-30(2,3)41-29(36)32-15-17-11-21(37-4)22(12-18(17)16-32)39-9-6-10-40-28-23(38-5)14-24-19(27(28)31)13-25(42-24)20(33)7-8-26(34)35/h11-14H,6-10,15-16H2,1-5H3,(H,34,35). The number of rotatable bonds is 12. The monoisotopic (exact) mass is 603 g/mol. The summed E-state index contributed by atoms with van der Waals surface area (Å²) in [7, 11) is 2.94. The van der Waals surface area contributed by atoms with Crippen molar-refractivity contribution in [1.29, 1.82) is 0 Å². The highest BCUT2D eigenvalue weighted by molar-refractivity contribution is 7.20. The number of carbonyl (C=O) groups is 3. The van der Waals surface area contributed by atoms with Crippen LogP contribution in [0.3, 0.4) is 0 Å². The summed E-state index contributed by atoms with van der Waals surface area (Å²) in [6.45, 7) is 6.64. The first-order chi connectivity index (χ1) is 19.9. The molecule has 4 rings (SSSR count).